The summed E-state index contributed by atoms with van der Waals surface area (Å²) in [7, 11) is 0. The summed E-state index contributed by atoms with van der Waals surface area (Å²) in [6, 6.07) is 18.2. The Balaban J connectivity index is 1.71. The smallest absolute Gasteiger partial charge is 0.250 e. The van der Waals surface area contributed by atoms with Crippen molar-refractivity contribution in [2.45, 2.75) is 6.92 Å². The highest BCUT2D eigenvalue weighted by Crippen LogP contribution is 2.20. The van der Waals surface area contributed by atoms with E-state index in [0.717, 1.165) is 21.7 Å². The topological polar surface area (TPSA) is 54.9 Å². The summed E-state index contributed by atoms with van der Waals surface area (Å²) in [5.41, 5.74) is 3.24. The fourth-order valence-corrected chi connectivity index (χ4v) is 2.71. The van der Waals surface area contributed by atoms with Crippen LogP contribution in [0.5, 0.6) is 0 Å². The van der Waals surface area contributed by atoms with Crippen molar-refractivity contribution in [3.63, 3.8) is 0 Å². The van der Waals surface area contributed by atoms with Crippen molar-refractivity contribution in [1.29, 1.82) is 0 Å². The van der Waals surface area contributed by atoms with Gasteiger partial charge in [-0.25, -0.2) is 0 Å². The first-order valence-corrected chi connectivity index (χ1v) is 7.97. The number of nitrogens with zero attached hydrogens (tertiary/aromatic N) is 2. The molecule has 0 fully saturated rings. The molecule has 0 aliphatic heterocycles. The van der Waals surface area contributed by atoms with Crippen molar-refractivity contribution in [3.8, 4) is 11.1 Å². The molecule has 3 aromatic rings. The predicted octanol–water partition coefficient (Wildman–Crippen LogP) is 4.17. The maximum absolute atomic E-state index is 11.9. The normalized spacial score (nSPS) is 10.8. The molecule has 0 saturated heterocycles. The molecule has 0 aliphatic rings. The summed E-state index contributed by atoms with van der Waals surface area (Å²) < 4.78 is 0. The van der Waals surface area contributed by atoms with Crippen LogP contribution in [0.25, 0.3) is 17.2 Å². The quantitative estimate of drug-likeness (QED) is 0.734. The second-order valence-corrected chi connectivity index (χ2v) is 6.12. The van der Waals surface area contributed by atoms with Gasteiger partial charge in [-0.05, 0) is 35.8 Å². The van der Waals surface area contributed by atoms with Gasteiger partial charge in [0.1, 0.15) is 5.01 Å². The van der Waals surface area contributed by atoms with Crippen LogP contribution >= 0.6 is 11.3 Å². The Hall–Kier alpha value is -2.79. The monoisotopic (exact) mass is 321 g/mol. The van der Waals surface area contributed by atoms with E-state index in [9.17, 15) is 4.79 Å². The zero-order valence-corrected chi connectivity index (χ0v) is 13.4. The van der Waals surface area contributed by atoms with Gasteiger partial charge >= 0.3 is 0 Å². The van der Waals surface area contributed by atoms with Crippen molar-refractivity contribution in [3.05, 3.63) is 71.2 Å². The number of amides is 1. The molecule has 5 heteroatoms. The molecule has 2 aromatic carbocycles. The Bertz CT molecular complexity index is 840. The largest absolute Gasteiger partial charge is 0.297 e. The van der Waals surface area contributed by atoms with Gasteiger partial charge in [0, 0.05) is 6.08 Å². The van der Waals surface area contributed by atoms with Crippen molar-refractivity contribution in [2.75, 3.05) is 5.32 Å². The average molecular weight is 321 g/mol. The van der Waals surface area contributed by atoms with Crippen molar-refractivity contribution < 1.29 is 4.79 Å². The molecule has 0 spiro atoms. The maximum Gasteiger partial charge on any atom is 0.250 e. The first-order valence-electron chi connectivity index (χ1n) is 7.15. The van der Waals surface area contributed by atoms with Crippen molar-refractivity contribution in [2.24, 2.45) is 0 Å². The lowest BCUT2D eigenvalue weighted by atomic mass is 10.0. The van der Waals surface area contributed by atoms with Crippen LogP contribution in [0.3, 0.4) is 0 Å². The number of carbonyl (C=O) groups excluding carboxylic acids is 1. The van der Waals surface area contributed by atoms with Gasteiger partial charge < -0.3 is 0 Å². The van der Waals surface area contributed by atoms with Gasteiger partial charge in [0.15, 0.2) is 0 Å². The Labute approximate surface area is 138 Å². The number of aromatic nitrogens is 2. The van der Waals surface area contributed by atoms with E-state index in [1.165, 1.54) is 17.4 Å². The number of benzene rings is 2. The van der Waals surface area contributed by atoms with Crippen LogP contribution in [0.2, 0.25) is 0 Å². The molecule has 0 unspecified atom stereocenters. The van der Waals surface area contributed by atoms with E-state index in [2.05, 4.69) is 33.7 Å². The number of hydrogen-bond acceptors (Lipinski definition) is 4. The third kappa shape index (κ3) is 4.11. The summed E-state index contributed by atoms with van der Waals surface area (Å²) >= 11 is 1.35. The Morgan fingerprint density at radius 2 is 1.83 bits per heavy atom. The second-order valence-electron chi connectivity index (χ2n) is 4.94. The van der Waals surface area contributed by atoms with E-state index < -0.39 is 0 Å². The first-order chi connectivity index (χ1) is 11.2. The van der Waals surface area contributed by atoms with Gasteiger partial charge in [0.2, 0.25) is 11.0 Å². The number of nitrogens with one attached hydrogen (secondary N) is 1. The molecule has 1 heterocycles. The minimum atomic E-state index is -0.216. The average Bonchev–Trinajstić information content (AvgIpc) is 2.99. The lowest BCUT2D eigenvalue weighted by Gasteiger charge is -2.02. The highest BCUT2D eigenvalue weighted by Gasteiger charge is 2.03. The lowest BCUT2D eigenvalue weighted by molar-refractivity contribution is -0.111. The predicted molar refractivity (Wildman–Crippen MR) is 94.2 cm³/mol. The molecule has 0 bridgehead atoms. The minimum absolute atomic E-state index is 0.216. The minimum Gasteiger partial charge on any atom is -0.297 e. The second kappa shape index (κ2) is 6.98. The molecule has 0 radical (unpaired) electrons. The standard InChI is InChI=1S/C18H15N3OS/c1-13-20-21-18(23-13)19-17(22)11-10-14-6-5-9-16(12-14)15-7-3-2-4-8-15/h2-12H,1H3,(H,19,21,22)/b11-10+. The number of aryl methyl sites for hydroxylation is 1. The SMILES string of the molecule is Cc1nnc(NC(=O)/C=C/c2cccc(-c3ccccc3)c2)s1. The van der Waals surface area contributed by atoms with Gasteiger partial charge in [0.05, 0.1) is 0 Å². The molecule has 1 amide bonds. The lowest BCUT2D eigenvalue weighted by Crippen LogP contribution is -2.07. The molecule has 114 valence electrons. The van der Waals surface area contributed by atoms with Gasteiger partial charge in [-0.1, -0.05) is 59.9 Å². The van der Waals surface area contributed by atoms with Gasteiger partial charge in [-0.2, -0.15) is 0 Å². The summed E-state index contributed by atoms with van der Waals surface area (Å²) in [4.78, 5) is 11.9. The van der Waals surface area contributed by atoms with Crippen LogP contribution in [-0.4, -0.2) is 16.1 Å². The van der Waals surface area contributed by atoms with Crippen LogP contribution in [0.15, 0.2) is 60.7 Å². The molecule has 4 nitrogen and oxygen atoms in total. The molecule has 0 atom stereocenters. The van der Waals surface area contributed by atoms with E-state index in [4.69, 9.17) is 0 Å². The number of hydrogen-bond donors (Lipinski definition) is 1. The molecular formula is C18H15N3OS. The van der Waals surface area contributed by atoms with E-state index in [1.807, 2.05) is 43.3 Å². The molecule has 0 aliphatic carbocycles. The van der Waals surface area contributed by atoms with Gasteiger partial charge in [-0.15, -0.1) is 10.2 Å². The maximum atomic E-state index is 11.9. The van der Waals surface area contributed by atoms with Crippen LogP contribution in [-0.2, 0) is 4.79 Å². The van der Waals surface area contributed by atoms with E-state index >= 15 is 0 Å². The molecule has 1 aromatic heterocycles. The molecule has 0 saturated carbocycles. The van der Waals surface area contributed by atoms with E-state index in [-0.39, 0.29) is 5.91 Å². The van der Waals surface area contributed by atoms with Crippen LogP contribution in [0.4, 0.5) is 5.13 Å². The zero-order valence-electron chi connectivity index (χ0n) is 12.6. The fraction of sp³-hybridized carbons (Fsp3) is 0.0556. The fourth-order valence-electron chi connectivity index (χ4n) is 2.12. The van der Waals surface area contributed by atoms with Gasteiger partial charge in [0.25, 0.3) is 0 Å². The molecule has 23 heavy (non-hydrogen) atoms. The van der Waals surface area contributed by atoms with Crippen molar-refractivity contribution >= 4 is 28.5 Å². The third-order valence-corrected chi connectivity index (χ3v) is 3.93. The van der Waals surface area contributed by atoms with Gasteiger partial charge in [-0.3, -0.25) is 10.1 Å². The molecular weight excluding hydrogens is 306 g/mol. The Kier molecular flexibility index (Phi) is 4.59. The Morgan fingerprint density at radius 3 is 2.57 bits per heavy atom. The molecule has 1 N–H and O–H groups in total. The van der Waals surface area contributed by atoms with Crippen LogP contribution in [0.1, 0.15) is 10.6 Å². The van der Waals surface area contributed by atoms with Crippen LogP contribution < -0.4 is 5.32 Å². The Morgan fingerprint density at radius 1 is 1.04 bits per heavy atom. The third-order valence-electron chi connectivity index (χ3n) is 3.18. The van der Waals surface area contributed by atoms with E-state index in [0.29, 0.717) is 5.13 Å². The first kappa shape index (κ1) is 15.1. The van der Waals surface area contributed by atoms with E-state index in [1.54, 1.807) is 6.08 Å². The number of rotatable bonds is 4. The highest BCUT2D eigenvalue weighted by molar-refractivity contribution is 7.15. The highest BCUT2D eigenvalue weighted by atomic mass is 32.1. The number of carbonyl (C=O) groups is 1. The van der Waals surface area contributed by atoms with Crippen LogP contribution in [0, 0.1) is 6.92 Å². The summed E-state index contributed by atoms with van der Waals surface area (Å²) in [6.07, 6.45) is 3.29. The van der Waals surface area contributed by atoms with Crippen molar-refractivity contribution in [1.82, 2.24) is 10.2 Å². The zero-order chi connectivity index (χ0) is 16.1. The summed E-state index contributed by atoms with van der Waals surface area (Å²) in [5, 5.41) is 11.8. The number of anilines is 1. The summed E-state index contributed by atoms with van der Waals surface area (Å²) in [6.45, 7) is 1.85. The summed E-state index contributed by atoms with van der Waals surface area (Å²) in [5.74, 6) is -0.216. The molecule has 3 rings (SSSR count).